The lowest BCUT2D eigenvalue weighted by molar-refractivity contribution is -0.384. The van der Waals surface area contributed by atoms with Crippen LogP contribution in [0.1, 0.15) is 44.1 Å². The molecule has 2 aliphatic carbocycles. The van der Waals surface area contributed by atoms with E-state index >= 15 is 0 Å². The predicted molar refractivity (Wildman–Crippen MR) is 78.0 cm³/mol. The Hall–Kier alpha value is -1.58. The number of nitrogens with zero attached hydrogens (tertiary/aromatic N) is 2. The minimum Gasteiger partial charge on any atom is -0.365 e. The average Bonchev–Trinajstić information content (AvgIpc) is 3.28. The van der Waals surface area contributed by atoms with E-state index in [1.807, 2.05) is 12.1 Å². The summed E-state index contributed by atoms with van der Waals surface area (Å²) in [6.45, 7) is 0. The predicted octanol–water partition coefficient (Wildman–Crippen LogP) is 3.68. The molecule has 1 aromatic carbocycles. The highest BCUT2D eigenvalue weighted by Gasteiger charge is 2.42. The Morgan fingerprint density at radius 1 is 1.15 bits per heavy atom. The van der Waals surface area contributed by atoms with Gasteiger partial charge in [0.25, 0.3) is 5.69 Å². The van der Waals surface area contributed by atoms with Crippen molar-refractivity contribution in [1.29, 1.82) is 0 Å². The largest absolute Gasteiger partial charge is 0.365 e. The fourth-order valence-corrected chi connectivity index (χ4v) is 4.17. The van der Waals surface area contributed by atoms with Gasteiger partial charge in [-0.3, -0.25) is 10.1 Å². The summed E-state index contributed by atoms with van der Waals surface area (Å²) in [4.78, 5) is 13.3. The van der Waals surface area contributed by atoms with Crippen molar-refractivity contribution in [2.45, 2.75) is 57.0 Å². The van der Waals surface area contributed by atoms with Gasteiger partial charge in [-0.05, 0) is 49.7 Å². The Morgan fingerprint density at radius 3 is 2.70 bits per heavy atom. The van der Waals surface area contributed by atoms with Crippen LogP contribution in [0, 0.1) is 16.0 Å². The quantitative estimate of drug-likeness (QED) is 0.609. The molecule has 1 heterocycles. The molecule has 0 aromatic heterocycles. The van der Waals surface area contributed by atoms with Crippen molar-refractivity contribution in [2.75, 3.05) is 4.90 Å². The Labute approximate surface area is 118 Å². The van der Waals surface area contributed by atoms with E-state index in [1.165, 1.54) is 49.8 Å². The van der Waals surface area contributed by atoms with Gasteiger partial charge in [-0.1, -0.05) is 12.8 Å². The maximum atomic E-state index is 11.0. The number of benzene rings is 1. The van der Waals surface area contributed by atoms with Crippen LogP contribution in [-0.2, 0) is 6.42 Å². The van der Waals surface area contributed by atoms with Crippen molar-refractivity contribution < 1.29 is 4.92 Å². The van der Waals surface area contributed by atoms with Crippen LogP contribution >= 0.6 is 0 Å². The first kappa shape index (κ1) is 12.2. The van der Waals surface area contributed by atoms with Gasteiger partial charge in [0.15, 0.2) is 0 Å². The summed E-state index contributed by atoms with van der Waals surface area (Å²) in [6, 6.07) is 6.87. The van der Waals surface area contributed by atoms with E-state index in [4.69, 9.17) is 0 Å². The zero-order chi connectivity index (χ0) is 13.7. The summed E-state index contributed by atoms with van der Waals surface area (Å²) in [7, 11) is 0. The molecule has 1 aliphatic heterocycles. The molecular formula is C16H20N2O2. The van der Waals surface area contributed by atoms with Crippen LogP contribution in [0.5, 0.6) is 0 Å². The molecule has 0 amide bonds. The van der Waals surface area contributed by atoms with E-state index < -0.39 is 0 Å². The minimum atomic E-state index is -0.269. The molecule has 2 saturated carbocycles. The average molecular weight is 272 g/mol. The number of nitro groups is 1. The molecule has 3 aliphatic rings. The first-order chi connectivity index (χ1) is 9.74. The smallest absolute Gasteiger partial charge is 0.269 e. The summed E-state index contributed by atoms with van der Waals surface area (Å²) in [5, 5.41) is 11.0. The molecule has 0 radical (unpaired) electrons. The lowest BCUT2D eigenvalue weighted by atomic mass is 9.76. The fraction of sp³-hybridized carbons (Fsp3) is 0.625. The number of anilines is 1. The Kier molecular flexibility index (Phi) is 2.72. The number of rotatable bonds is 2. The van der Waals surface area contributed by atoms with Crippen molar-refractivity contribution in [2.24, 2.45) is 5.92 Å². The van der Waals surface area contributed by atoms with Crippen molar-refractivity contribution in [3.05, 3.63) is 33.9 Å². The highest BCUT2D eigenvalue weighted by Crippen LogP contribution is 2.46. The van der Waals surface area contributed by atoms with Crippen molar-refractivity contribution in [1.82, 2.24) is 0 Å². The van der Waals surface area contributed by atoms with E-state index in [-0.39, 0.29) is 10.6 Å². The van der Waals surface area contributed by atoms with Crippen LogP contribution in [0.3, 0.4) is 0 Å². The van der Waals surface area contributed by atoms with Gasteiger partial charge in [-0.25, -0.2) is 0 Å². The van der Waals surface area contributed by atoms with Gasteiger partial charge >= 0.3 is 0 Å². The molecule has 0 saturated heterocycles. The lowest BCUT2D eigenvalue weighted by Crippen LogP contribution is -2.48. The second-order valence-corrected chi connectivity index (χ2v) is 6.52. The van der Waals surface area contributed by atoms with Crippen LogP contribution in [-0.4, -0.2) is 17.0 Å². The molecule has 0 spiro atoms. The zero-order valence-corrected chi connectivity index (χ0v) is 11.6. The molecule has 2 atom stereocenters. The molecular weight excluding hydrogens is 252 g/mol. The summed E-state index contributed by atoms with van der Waals surface area (Å²) < 4.78 is 0. The number of non-ortho nitro benzene ring substituents is 1. The second-order valence-electron chi connectivity index (χ2n) is 6.52. The van der Waals surface area contributed by atoms with E-state index in [0.717, 1.165) is 6.42 Å². The fourth-order valence-electron chi connectivity index (χ4n) is 4.17. The Balaban J connectivity index is 1.76. The topological polar surface area (TPSA) is 46.4 Å². The van der Waals surface area contributed by atoms with Crippen LogP contribution in [0.25, 0.3) is 0 Å². The highest BCUT2D eigenvalue weighted by molar-refractivity contribution is 5.62. The molecule has 106 valence electrons. The summed E-state index contributed by atoms with van der Waals surface area (Å²) in [6.07, 6.45) is 8.87. The number of hydrogen-bond donors (Lipinski definition) is 0. The van der Waals surface area contributed by atoms with Crippen LogP contribution in [0.4, 0.5) is 11.4 Å². The van der Waals surface area contributed by atoms with Gasteiger partial charge < -0.3 is 4.90 Å². The second kappa shape index (κ2) is 4.47. The monoisotopic (exact) mass is 272 g/mol. The van der Waals surface area contributed by atoms with Crippen molar-refractivity contribution >= 4 is 11.4 Å². The summed E-state index contributed by atoms with van der Waals surface area (Å²) in [5.41, 5.74) is 2.73. The molecule has 1 aromatic rings. The van der Waals surface area contributed by atoms with Gasteiger partial charge in [0.1, 0.15) is 0 Å². The maximum Gasteiger partial charge on any atom is 0.269 e. The minimum absolute atomic E-state index is 0.244. The third-order valence-electron chi connectivity index (χ3n) is 5.20. The SMILES string of the molecule is O=[N+]([O-])c1ccc2c(c1)C[C@@H]1CCCC[C@@H]1N2C1CC1. The molecule has 0 unspecified atom stereocenters. The summed E-state index contributed by atoms with van der Waals surface area (Å²) in [5.74, 6) is 0.707. The van der Waals surface area contributed by atoms with Gasteiger partial charge in [-0.2, -0.15) is 0 Å². The first-order valence-electron chi connectivity index (χ1n) is 7.79. The number of hydrogen-bond acceptors (Lipinski definition) is 3. The molecule has 0 bridgehead atoms. The molecule has 4 heteroatoms. The molecule has 20 heavy (non-hydrogen) atoms. The number of nitro benzene ring substituents is 1. The van der Waals surface area contributed by atoms with Gasteiger partial charge in [0, 0.05) is 29.9 Å². The van der Waals surface area contributed by atoms with Crippen molar-refractivity contribution in [3.8, 4) is 0 Å². The zero-order valence-electron chi connectivity index (χ0n) is 11.6. The van der Waals surface area contributed by atoms with Crippen LogP contribution in [0.15, 0.2) is 18.2 Å². The number of fused-ring (bicyclic) bond motifs is 2. The van der Waals surface area contributed by atoms with E-state index in [9.17, 15) is 10.1 Å². The van der Waals surface area contributed by atoms with Crippen molar-refractivity contribution in [3.63, 3.8) is 0 Å². The molecule has 4 nitrogen and oxygen atoms in total. The lowest BCUT2D eigenvalue weighted by Gasteiger charge is -2.46. The third-order valence-corrected chi connectivity index (χ3v) is 5.20. The molecule has 0 N–H and O–H groups in total. The van der Waals surface area contributed by atoms with Gasteiger partial charge in [0.2, 0.25) is 0 Å². The maximum absolute atomic E-state index is 11.0. The Morgan fingerprint density at radius 2 is 1.95 bits per heavy atom. The standard InChI is InChI=1S/C16H20N2O2/c19-18(20)14-7-8-16-12(10-14)9-11-3-1-2-4-15(11)17(16)13-5-6-13/h7-8,10-11,13,15H,1-6,9H2/t11-,15-/m0/s1. The van der Waals surface area contributed by atoms with E-state index in [0.29, 0.717) is 18.0 Å². The summed E-state index contributed by atoms with van der Waals surface area (Å²) >= 11 is 0. The van der Waals surface area contributed by atoms with Gasteiger partial charge in [-0.15, -0.1) is 0 Å². The first-order valence-corrected chi connectivity index (χ1v) is 7.79. The van der Waals surface area contributed by atoms with E-state index in [1.54, 1.807) is 6.07 Å². The highest BCUT2D eigenvalue weighted by atomic mass is 16.6. The van der Waals surface area contributed by atoms with Crippen LogP contribution < -0.4 is 4.90 Å². The molecule has 2 fully saturated rings. The Bertz CT molecular complexity index is 553. The third kappa shape index (κ3) is 1.89. The normalized spacial score (nSPS) is 28.7. The van der Waals surface area contributed by atoms with E-state index in [2.05, 4.69) is 4.90 Å². The molecule has 4 rings (SSSR count). The van der Waals surface area contributed by atoms with Gasteiger partial charge in [0.05, 0.1) is 4.92 Å². The van der Waals surface area contributed by atoms with Crippen LogP contribution in [0.2, 0.25) is 0 Å².